The third-order valence-electron chi connectivity index (χ3n) is 3.90. The molecule has 0 saturated heterocycles. The molecule has 0 bridgehead atoms. The number of aliphatic hydroxyl groups is 1. The summed E-state index contributed by atoms with van der Waals surface area (Å²) in [6, 6.07) is 8.14. The Labute approximate surface area is 127 Å². The Morgan fingerprint density at radius 3 is 2.76 bits per heavy atom. The van der Waals surface area contributed by atoms with E-state index in [9.17, 15) is 9.90 Å². The van der Waals surface area contributed by atoms with Crippen LogP contribution in [0.1, 0.15) is 24.8 Å². The maximum Gasteiger partial charge on any atom is 0.231 e. The average molecular weight is 302 g/mol. The molecule has 21 heavy (non-hydrogen) atoms. The summed E-state index contributed by atoms with van der Waals surface area (Å²) in [5, 5.41) is 15.1. The monoisotopic (exact) mass is 302 g/mol. The van der Waals surface area contributed by atoms with Crippen LogP contribution in [0.25, 0.3) is 11.3 Å². The molecule has 5 heteroatoms. The molecule has 0 spiro atoms. The van der Waals surface area contributed by atoms with Crippen LogP contribution in [0.2, 0.25) is 0 Å². The van der Waals surface area contributed by atoms with Gasteiger partial charge in [0.25, 0.3) is 0 Å². The van der Waals surface area contributed by atoms with Gasteiger partial charge in [0.2, 0.25) is 5.91 Å². The topological polar surface area (TPSA) is 62.2 Å². The summed E-state index contributed by atoms with van der Waals surface area (Å²) in [7, 11) is 0. The average Bonchev–Trinajstić information content (AvgIpc) is 3.09. The van der Waals surface area contributed by atoms with E-state index in [4.69, 9.17) is 0 Å². The predicted octanol–water partition coefficient (Wildman–Crippen LogP) is 3.22. The first-order chi connectivity index (χ1) is 10.1. The lowest BCUT2D eigenvalue weighted by molar-refractivity contribution is -0.122. The van der Waals surface area contributed by atoms with Crippen molar-refractivity contribution in [3.8, 4) is 11.3 Å². The van der Waals surface area contributed by atoms with Gasteiger partial charge in [-0.25, -0.2) is 4.98 Å². The van der Waals surface area contributed by atoms with Crippen LogP contribution in [0.5, 0.6) is 0 Å². The smallest absolute Gasteiger partial charge is 0.231 e. The van der Waals surface area contributed by atoms with E-state index in [-0.39, 0.29) is 11.8 Å². The predicted molar refractivity (Wildman–Crippen MR) is 84.3 cm³/mol. The molecule has 1 aliphatic rings. The van der Waals surface area contributed by atoms with Gasteiger partial charge in [0.15, 0.2) is 5.13 Å². The summed E-state index contributed by atoms with van der Waals surface area (Å²) >= 11 is 1.41. The standard InChI is InChI=1S/C16H18N2O2S/c1-10-5-7-11(8-6-10)13-9-21-16(17-13)18-15(20)12-3-2-4-14(12)19/h5-9,12,14,19H,2-4H2,1H3,(H,17,18,20). The highest BCUT2D eigenvalue weighted by Gasteiger charge is 2.31. The first-order valence-electron chi connectivity index (χ1n) is 7.15. The van der Waals surface area contributed by atoms with Gasteiger partial charge in [-0.1, -0.05) is 29.8 Å². The molecule has 110 valence electrons. The van der Waals surface area contributed by atoms with Crippen molar-refractivity contribution in [2.75, 3.05) is 5.32 Å². The first-order valence-corrected chi connectivity index (χ1v) is 8.03. The van der Waals surface area contributed by atoms with Crippen LogP contribution < -0.4 is 5.32 Å². The fourth-order valence-electron chi connectivity index (χ4n) is 2.63. The van der Waals surface area contributed by atoms with E-state index in [1.807, 2.05) is 36.6 Å². The second kappa shape index (κ2) is 5.95. The highest BCUT2D eigenvalue weighted by molar-refractivity contribution is 7.14. The molecule has 0 radical (unpaired) electrons. The second-order valence-electron chi connectivity index (χ2n) is 5.50. The van der Waals surface area contributed by atoms with Crippen LogP contribution in [0.4, 0.5) is 5.13 Å². The number of nitrogens with zero attached hydrogens (tertiary/aromatic N) is 1. The van der Waals surface area contributed by atoms with Crippen LogP contribution >= 0.6 is 11.3 Å². The van der Waals surface area contributed by atoms with Crippen LogP contribution in [0, 0.1) is 12.8 Å². The van der Waals surface area contributed by atoms with Crippen LogP contribution in [-0.2, 0) is 4.79 Å². The number of hydrogen-bond donors (Lipinski definition) is 2. The summed E-state index contributed by atoms with van der Waals surface area (Å²) < 4.78 is 0. The van der Waals surface area contributed by atoms with Gasteiger partial charge in [-0.3, -0.25) is 4.79 Å². The number of hydrogen-bond acceptors (Lipinski definition) is 4. The zero-order valence-corrected chi connectivity index (χ0v) is 12.7. The summed E-state index contributed by atoms with van der Waals surface area (Å²) in [6.07, 6.45) is 1.86. The number of benzene rings is 1. The van der Waals surface area contributed by atoms with Crippen LogP contribution in [0.3, 0.4) is 0 Å². The van der Waals surface area contributed by atoms with Crippen molar-refractivity contribution >= 4 is 22.4 Å². The van der Waals surface area contributed by atoms with Gasteiger partial charge in [0.05, 0.1) is 17.7 Å². The second-order valence-corrected chi connectivity index (χ2v) is 6.36. The van der Waals surface area contributed by atoms with Crippen molar-refractivity contribution in [3.63, 3.8) is 0 Å². The summed E-state index contributed by atoms with van der Waals surface area (Å²) in [5.74, 6) is -0.415. The van der Waals surface area contributed by atoms with Gasteiger partial charge in [-0.05, 0) is 26.2 Å². The molecule has 2 N–H and O–H groups in total. The number of aliphatic hydroxyl groups excluding tert-OH is 1. The molecule has 1 heterocycles. The zero-order chi connectivity index (χ0) is 14.8. The number of aromatic nitrogens is 1. The Hall–Kier alpha value is -1.72. The van der Waals surface area contributed by atoms with Gasteiger partial charge >= 0.3 is 0 Å². The van der Waals surface area contributed by atoms with Gasteiger partial charge in [0, 0.05) is 10.9 Å². The van der Waals surface area contributed by atoms with E-state index in [2.05, 4.69) is 10.3 Å². The van der Waals surface area contributed by atoms with Gasteiger partial charge in [-0.15, -0.1) is 11.3 Å². The number of anilines is 1. The molecule has 1 aromatic heterocycles. The van der Waals surface area contributed by atoms with Crippen molar-refractivity contribution in [3.05, 3.63) is 35.2 Å². The fraction of sp³-hybridized carbons (Fsp3) is 0.375. The van der Waals surface area contributed by atoms with E-state index in [1.54, 1.807) is 0 Å². The molecule has 2 atom stereocenters. The van der Waals surface area contributed by atoms with Crippen LogP contribution in [0.15, 0.2) is 29.6 Å². The minimum atomic E-state index is -0.512. The van der Waals surface area contributed by atoms with Crippen LogP contribution in [-0.4, -0.2) is 22.1 Å². The molecule has 3 rings (SSSR count). The lowest BCUT2D eigenvalue weighted by Gasteiger charge is -2.12. The number of amides is 1. The number of nitrogens with one attached hydrogen (secondary N) is 1. The molecular formula is C16H18N2O2S. The first kappa shape index (κ1) is 14.2. The number of carbonyl (C=O) groups is 1. The minimum Gasteiger partial charge on any atom is -0.392 e. The normalized spacial score (nSPS) is 21.4. The van der Waals surface area contributed by atoms with E-state index >= 15 is 0 Å². The van der Waals surface area contributed by atoms with Gasteiger partial charge in [-0.2, -0.15) is 0 Å². The molecule has 1 amide bonds. The van der Waals surface area contributed by atoms with E-state index < -0.39 is 6.10 Å². The maximum absolute atomic E-state index is 12.1. The number of rotatable bonds is 3. The molecule has 1 aliphatic carbocycles. The van der Waals surface area contributed by atoms with Crippen molar-refractivity contribution in [2.24, 2.45) is 5.92 Å². The van der Waals surface area contributed by atoms with E-state index in [0.29, 0.717) is 11.6 Å². The number of thiazole rings is 1. The Morgan fingerprint density at radius 2 is 2.10 bits per heavy atom. The van der Waals surface area contributed by atoms with Gasteiger partial charge < -0.3 is 10.4 Å². The SMILES string of the molecule is Cc1ccc(-c2csc(NC(=O)C3CCCC3O)n2)cc1. The zero-order valence-electron chi connectivity index (χ0n) is 11.9. The summed E-state index contributed by atoms with van der Waals surface area (Å²) in [4.78, 5) is 16.6. The molecule has 2 aromatic rings. The third-order valence-corrected chi connectivity index (χ3v) is 4.66. The molecule has 0 aliphatic heterocycles. The third kappa shape index (κ3) is 3.14. The highest BCUT2D eigenvalue weighted by atomic mass is 32.1. The van der Waals surface area contributed by atoms with E-state index in [0.717, 1.165) is 24.1 Å². The molecule has 1 aromatic carbocycles. The van der Waals surface area contributed by atoms with E-state index in [1.165, 1.54) is 16.9 Å². The largest absolute Gasteiger partial charge is 0.392 e. The maximum atomic E-state index is 12.1. The van der Waals surface area contributed by atoms with Crippen molar-refractivity contribution < 1.29 is 9.90 Å². The number of aryl methyl sites for hydroxylation is 1. The lowest BCUT2D eigenvalue weighted by Crippen LogP contribution is -2.28. The van der Waals surface area contributed by atoms with Crippen molar-refractivity contribution in [1.82, 2.24) is 4.98 Å². The Kier molecular flexibility index (Phi) is 4.03. The summed E-state index contributed by atoms with van der Waals surface area (Å²) in [6.45, 7) is 2.05. The molecule has 1 saturated carbocycles. The Bertz CT molecular complexity index is 636. The Balaban J connectivity index is 1.70. The fourth-order valence-corrected chi connectivity index (χ4v) is 3.36. The molecule has 1 fully saturated rings. The quantitative estimate of drug-likeness (QED) is 0.915. The Morgan fingerprint density at radius 1 is 1.33 bits per heavy atom. The lowest BCUT2D eigenvalue weighted by atomic mass is 10.1. The van der Waals surface area contributed by atoms with Crippen molar-refractivity contribution in [1.29, 1.82) is 0 Å². The summed E-state index contributed by atoms with van der Waals surface area (Å²) in [5.41, 5.74) is 3.11. The number of carbonyl (C=O) groups excluding carboxylic acids is 1. The van der Waals surface area contributed by atoms with Gasteiger partial charge in [0.1, 0.15) is 0 Å². The minimum absolute atomic E-state index is 0.121. The molecule has 4 nitrogen and oxygen atoms in total. The van der Waals surface area contributed by atoms with Crippen molar-refractivity contribution in [2.45, 2.75) is 32.3 Å². The molecule has 2 unspecified atom stereocenters. The highest BCUT2D eigenvalue weighted by Crippen LogP contribution is 2.29. The molecular weight excluding hydrogens is 284 g/mol.